The van der Waals surface area contributed by atoms with E-state index in [1.165, 1.54) is 0 Å². The number of hydrogen-bond donors (Lipinski definition) is 0. The van der Waals surface area contributed by atoms with Gasteiger partial charge in [-0.2, -0.15) is 47.9 Å². The highest BCUT2D eigenvalue weighted by Crippen LogP contribution is 2.47. The first kappa shape index (κ1) is 20.1. The van der Waals surface area contributed by atoms with Crippen molar-refractivity contribution in [1.29, 1.82) is 0 Å². The van der Waals surface area contributed by atoms with Gasteiger partial charge in [-0.25, -0.2) is 4.98 Å². The van der Waals surface area contributed by atoms with Crippen molar-refractivity contribution >= 4 is 21.0 Å². The minimum absolute atomic E-state index is 0.638. The predicted molar refractivity (Wildman–Crippen MR) is 67.3 cm³/mol. The Morgan fingerprint density at radius 3 is 1.85 bits per heavy atom. The van der Waals surface area contributed by atoms with Crippen molar-refractivity contribution in [3.63, 3.8) is 0 Å². The van der Waals surface area contributed by atoms with Gasteiger partial charge in [-0.1, -0.05) is 12.1 Å². The topological polar surface area (TPSA) is 56.3 Å². The van der Waals surface area contributed by atoms with Gasteiger partial charge in [0.1, 0.15) is 5.56 Å². The molecule has 0 aliphatic rings. The van der Waals surface area contributed by atoms with Gasteiger partial charge in [0, 0.05) is 5.39 Å². The summed E-state index contributed by atoms with van der Waals surface area (Å²) in [5.74, 6) is -2.16. The van der Waals surface area contributed by atoms with E-state index in [0.29, 0.717) is 6.07 Å². The summed E-state index contributed by atoms with van der Waals surface area (Å²) >= 11 is 0. The molecule has 2 rings (SSSR count). The molecular formula is C12H4F9NO3S. The van der Waals surface area contributed by atoms with Crippen LogP contribution in [-0.4, -0.2) is 18.9 Å². The first-order chi connectivity index (χ1) is 11.6. The van der Waals surface area contributed by atoms with Crippen molar-refractivity contribution in [3.05, 3.63) is 35.5 Å². The van der Waals surface area contributed by atoms with Crippen LogP contribution in [0.1, 0.15) is 11.3 Å². The van der Waals surface area contributed by atoms with Crippen molar-refractivity contribution in [2.45, 2.75) is 17.9 Å². The fourth-order valence-electron chi connectivity index (χ4n) is 1.89. The fraction of sp³-hybridized carbons (Fsp3) is 0.250. The number of fused-ring (bicyclic) bond motifs is 1. The van der Waals surface area contributed by atoms with E-state index in [4.69, 9.17) is 0 Å². The summed E-state index contributed by atoms with van der Waals surface area (Å²) < 4.78 is 141. The zero-order valence-electron chi connectivity index (χ0n) is 11.8. The monoisotopic (exact) mass is 413 g/mol. The van der Waals surface area contributed by atoms with Crippen molar-refractivity contribution in [2.75, 3.05) is 0 Å². The standard InChI is InChI=1S/C12H4F9NO3S/c13-10(14,15)7-8(25-26(23,24)12(19,20)21)5-3-1-2-4-6(5)22-9(7)11(16,17)18/h1-4H. The molecule has 0 N–H and O–H groups in total. The summed E-state index contributed by atoms with van der Waals surface area (Å²) in [5.41, 5.74) is -12.4. The Hall–Kier alpha value is -2.25. The molecule has 0 fully saturated rings. The number of nitrogens with zero attached hydrogens (tertiary/aromatic N) is 1. The van der Waals surface area contributed by atoms with Crippen molar-refractivity contribution in [3.8, 4) is 5.75 Å². The molecule has 4 nitrogen and oxygen atoms in total. The van der Waals surface area contributed by atoms with E-state index < -0.39 is 55.9 Å². The molecule has 0 radical (unpaired) electrons. The summed E-state index contributed by atoms with van der Waals surface area (Å²) in [6.07, 6.45) is -11.7. The SMILES string of the molecule is O=S(=O)(Oc1c(C(F)(F)F)c(C(F)(F)F)nc2ccccc12)C(F)(F)F. The molecule has 1 heterocycles. The van der Waals surface area contributed by atoms with Gasteiger partial charge in [0.2, 0.25) is 0 Å². The summed E-state index contributed by atoms with van der Waals surface area (Å²) in [4.78, 5) is 2.76. The molecule has 1 aromatic heterocycles. The highest BCUT2D eigenvalue weighted by atomic mass is 32.2. The van der Waals surface area contributed by atoms with Crippen LogP contribution in [0.3, 0.4) is 0 Å². The van der Waals surface area contributed by atoms with E-state index in [0.717, 1.165) is 18.2 Å². The first-order valence-electron chi connectivity index (χ1n) is 6.13. The average Bonchev–Trinajstić information content (AvgIpc) is 2.43. The van der Waals surface area contributed by atoms with Crippen LogP contribution >= 0.6 is 0 Å². The Labute approximate surface area is 138 Å². The van der Waals surface area contributed by atoms with Gasteiger partial charge in [0.05, 0.1) is 5.52 Å². The first-order valence-corrected chi connectivity index (χ1v) is 7.54. The van der Waals surface area contributed by atoms with Crippen LogP contribution < -0.4 is 4.18 Å². The highest BCUT2D eigenvalue weighted by molar-refractivity contribution is 7.88. The quantitative estimate of drug-likeness (QED) is 0.413. The molecule has 0 atom stereocenters. The van der Waals surface area contributed by atoms with E-state index in [1.807, 2.05) is 0 Å². The number of alkyl halides is 9. The zero-order chi connectivity index (χ0) is 20.1. The molecule has 0 amide bonds. The van der Waals surface area contributed by atoms with Gasteiger partial charge in [-0.05, 0) is 12.1 Å². The lowest BCUT2D eigenvalue weighted by atomic mass is 10.1. The molecule has 14 heteroatoms. The second-order valence-corrected chi connectivity index (χ2v) is 6.20. The Morgan fingerprint density at radius 1 is 0.846 bits per heavy atom. The van der Waals surface area contributed by atoms with Crippen LogP contribution in [0.15, 0.2) is 24.3 Å². The molecule has 0 aliphatic carbocycles. The van der Waals surface area contributed by atoms with E-state index >= 15 is 0 Å². The number of rotatable bonds is 2. The molecule has 0 spiro atoms. The van der Waals surface area contributed by atoms with E-state index in [9.17, 15) is 47.9 Å². The third-order valence-corrected chi connectivity index (χ3v) is 3.83. The van der Waals surface area contributed by atoms with Gasteiger partial charge >= 0.3 is 28.0 Å². The Kier molecular flexibility index (Phi) is 4.54. The smallest absolute Gasteiger partial charge is 0.375 e. The van der Waals surface area contributed by atoms with Crippen molar-refractivity contribution in [2.24, 2.45) is 0 Å². The lowest BCUT2D eigenvalue weighted by Gasteiger charge is -2.20. The summed E-state index contributed by atoms with van der Waals surface area (Å²) in [5, 5.41) is -0.999. The summed E-state index contributed by atoms with van der Waals surface area (Å²) in [6, 6.07) is 3.37. The average molecular weight is 413 g/mol. The summed E-state index contributed by atoms with van der Waals surface area (Å²) in [7, 11) is -6.68. The lowest BCUT2D eigenvalue weighted by Crippen LogP contribution is -2.30. The second kappa shape index (κ2) is 5.89. The van der Waals surface area contributed by atoms with Crippen LogP contribution in [0, 0.1) is 0 Å². The fourth-order valence-corrected chi connectivity index (χ4v) is 2.38. The molecule has 26 heavy (non-hydrogen) atoms. The molecule has 144 valence electrons. The third kappa shape index (κ3) is 3.64. The number of benzene rings is 1. The van der Waals surface area contributed by atoms with Crippen molar-refractivity contribution < 1.29 is 52.1 Å². The maximum Gasteiger partial charge on any atom is 0.534 e. The number of hydrogen-bond acceptors (Lipinski definition) is 4. The lowest BCUT2D eigenvalue weighted by molar-refractivity contribution is -0.165. The number of aromatic nitrogens is 1. The van der Waals surface area contributed by atoms with Gasteiger partial charge < -0.3 is 4.18 Å². The van der Waals surface area contributed by atoms with Crippen LogP contribution in [0.4, 0.5) is 39.5 Å². The molecule has 0 bridgehead atoms. The Bertz CT molecular complexity index is 945. The van der Waals surface area contributed by atoms with Gasteiger partial charge in [-0.15, -0.1) is 0 Å². The normalized spacial score (nSPS) is 13.9. The van der Waals surface area contributed by atoms with Gasteiger partial charge in [-0.3, -0.25) is 0 Å². The minimum atomic E-state index is -6.68. The molecule has 2 aromatic rings. The second-order valence-electron chi connectivity index (χ2n) is 4.66. The molecule has 0 aliphatic heterocycles. The minimum Gasteiger partial charge on any atom is -0.375 e. The molecule has 0 saturated heterocycles. The molecule has 0 unspecified atom stereocenters. The maximum absolute atomic E-state index is 13.1. The van der Waals surface area contributed by atoms with Crippen molar-refractivity contribution in [1.82, 2.24) is 4.98 Å². The van der Waals surface area contributed by atoms with E-state index in [1.54, 1.807) is 0 Å². The van der Waals surface area contributed by atoms with E-state index in [-0.39, 0.29) is 0 Å². The zero-order valence-corrected chi connectivity index (χ0v) is 12.6. The van der Waals surface area contributed by atoms with Crippen LogP contribution in [-0.2, 0) is 22.5 Å². The maximum atomic E-state index is 13.1. The largest absolute Gasteiger partial charge is 0.534 e. The van der Waals surface area contributed by atoms with Crippen LogP contribution in [0.25, 0.3) is 10.9 Å². The molecular weight excluding hydrogens is 409 g/mol. The van der Waals surface area contributed by atoms with Crippen LogP contribution in [0.5, 0.6) is 5.75 Å². The Balaban J connectivity index is 2.98. The third-order valence-electron chi connectivity index (χ3n) is 2.87. The van der Waals surface area contributed by atoms with Gasteiger partial charge in [0.25, 0.3) is 0 Å². The number of halogens is 9. The Morgan fingerprint density at radius 2 is 1.38 bits per heavy atom. The van der Waals surface area contributed by atoms with E-state index in [2.05, 4.69) is 9.17 Å². The molecule has 0 saturated carbocycles. The number of pyridine rings is 1. The van der Waals surface area contributed by atoms with Gasteiger partial charge in [0.15, 0.2) is 11.4 Å². The molecule has 1 aromatic carbocycles. The van der Waals surface area contributed by atoms with Crippen LogP contribution in [0.2, 0.25) is 0 Å². The number of para-hydroxylation sites is 1. The highest BCUT2D eigenvalue weighted by Gasteiger charge is 2.53. The summed E-state index contributed by atoms with van der Waals surface area (Å²) in [6.45, 7) is 0. The predicted octanol–water partition coefficient (Wildman–Crippen LogP) is 4.50.